The number of ether oxygens (including phenoxy) is 1. The van der Waals surface area contributed by atoms with Crippen LogP contribution in [0.3, 0.4) is 0 Å². The average Bonchev–Trinajstić information content (AvgIpc) is 2.95. The van der Waals surface area contributed by atoms with Gasteiger partial charge >= 0.3 is 5.97 Å². The Hall–Kier alpha value is -2.08. The summed E-state index contributed by atoms with van der Waals surface area (Å²) in [5.41, 5.74) is 0.457. The van der Waals surface area contributed by atoms with Gasteiger partial charge in [-0.25, -0.2) is 4.79 Å². The molecule has 2 rings (SSSR count). The Labute approximate surface area is 97.4 Å². The van der Waals surface area contributed by atoms with Gasteiger partial charge < -0.3 is 14.3 Å². The van der Waals surface area contributed by atoms with Crippen molar-refractivity contribution in [3.05, 3.63) is 41.6 Å². The zero-order valence-electron chi connectivity index (χ0n) is 9.45. The van der Waals surface area contributed by atoms with Crippen molar-refractivity contribution in [2.75, 3.05) is 7.11 Å². The summed E-state index contributed by atoms with van der Waals surface area (Å²) in [7, 11) is 3.01. The van der Waals surface area contributed by atoms with E-state index in [1.807, 2.05) is 0 Å². The Kier molecular flexibility index (Phi) is 2.97. The number of hydrogen-bond donors (Lipinski definition) is 1. The molecule has 0 fully saturated rings. The number of aryl methyl sites for hydroxylation is 1. The van der Waals surface area contributed by atoms with Crippen molar-refractivity contribution in [2.45, 2.75) is 6.10 Å². The Morgan fingerprint density at radius 1 is 1.53 bits per heavy atom. The number of aliphatic hydroxyl groups is 1. The first-order chi connectivity index (χ1) is 8.11. The first-order valence-electron chi connectivity index (χ1n) is 4.97. The van der Waals surface area contributed by atoms with E-state index in [2.05, 4.69) is 9.84 Å². The van der Waals surface area contributed by atoms with Crippen LogP contribution in [0, 0.1) is 0 Å². The minimum Gasteiger partial charge on any atom is -0.463 e. The minimum atomic E-state index is -0.991. The van der Waals surface area contributed by atoms with Gasteiger partial charge in [-0.05, 0) is 18.2 Å². The van der Waals surface area contributed by atoms with Crippen molar-refractivity contribution < 1.29 is 19.1 Å². The van der Waals surface area contributed by atoms with E-state index in [-0.39, 0.29) is 11.5 Å². The fourth-order valence-corrected chi connectivity index (χ4v) is 1.43. The number of aliphatic hydroxyl groups excluding tert-OH is 1. The molecule has 1 N–H and O–H groups in total. The molecule has 0 bridgehead atoms. The fourth-order valence-electron chi connectivity index (χ4n) is 1.43. The summed E-state index contributed by atoms with van der Waals surface area (Å²) in [6, 6.07) is 4.64. The Balaban J connectivity index is 2.23. The Morgan fingerprint density at radius 3 is 2.88 bits per heavy atom. The number of furan rings is 1. The molecule has 0 aliphatic rings. The molecule has 6 heteroatoms. The monoisotopic (exact) mass is 236 g/mol. The lowest BCUT2D eigenvalue weighted by Crippen LogP contribution is -2.01. The summed E-state index contributed by atoms with van der Waals surface area (Å²) in [5.74, 6) is -0.272. The van der Waals surface area contributed by atoms with Gasteiger partial charge in [0.2, 0.25) is 5.76 Å². The summed E-state index contributed by atoms with van der Waals surface area (Å²) in [6.45, 7) is 0. The number of hydrogen-bond acceptors (Lipinski definition) is 5. The van der Waals surface area contributed by atoms with Gasteiger partial charge in [-0.2, -0.15) is 5.10 Å². The largest absolute Gasteiger partial charge is 0.463 e. The number of carbonyl (C=O) groups is 1. The molecule has 0 aliphatic heterocycles. The van der Waals surface area contributed by atoms with Crippen molar-refractivity contribution in [3.8, 4) is 0 Å². The lowest BCUT2D eigenvalue weighted by Gasteiger charge is -2.03. The molecular weight excluding hydrogens is 224 g/mol. The molecule has 90 valence electrons. The molecule has 0 aliphatic carbocycles. The van der Waals surface area contributed by atoms with Crippen LogP contribution in [0.2, 0.25) is 0 Å². The van der Waals surface area contributed by atoms with E-state index in [9.17, 15) is 9.90 Å². The SMILES string of the molecule is COC(=O)c1ccc(C(O)c2ccn(C)n2)o1. The van der Waals surface area contributed by atoms with Crippen molar-refractivity contribution in [1.82, 2.24) is 9.78 Å². The smallest absolute Gasteiger partial charge is 0.373 e. The quantitative estimate of drug-likeness (QED) is 0.800. The van der Waals surface area contributed by atoms with E-state index in [0.717, 1.165) is 0 Å². The van der Waals surface area contributed by atoms with Crippen molar-refractivity contribution in [3.63, 3.8) is 0 Å². The molecule has 1 unspecified atom stereocenters. The maximum absolute atomic E-state index is 11.2. The van der Waals surface area contributed by atoms with Gasteiger partial charge in [0.15, 0.2) is 6.10 Å². The third-order valence-corrected chi connectivity index (χ3v) is 2.30. The third-order valence-electron chi connectivity index (χ3n) is 2.30. The maximum atomic E-state index is 11.2. The highest BCUT2D eigenvalue weighted by Crippen LogP contribution is 2.22. The van der Waals surface area contributed by atoms with Crippen molar-refractivity contribution in [2.24, 2.45) is 7.05 Å². The highest BCUT2D eigenvalue weighted by molar-refractivity contribution is 5.86. The molecule has 2 aromatic heterocycles. The second kappa shape index (κ2) is 4.42. The molecule has 0 spiro atoms. The van der Waals surface area contributed by atoms with Gasteiger partial charge in [0, 0.05) is 13.2 Å². The van der Waals surface area contributed by atoms with Crippen LogP contribution in [0.15, 0.2) is 28.8 Å². The molecule has 2 aromatic rings. The normalized spacial score (nSPS) is 12.4. The molecule has 0 saturated carbocycles. The zero-order chi connectivity index (χ0) is 12.4. The first-order valence-corrected chi connectivity index (χ1v) is 4.97. The molecule has 0 amide bonds. The molecular formula is C11H12N2O4. The second-order valence-electron chi connectivity index (χ2n) is 3.51. The maximum Gasteiger partial charge on any atom is 0.373 e. The average molecular weight is 236 g/mol. The summed E-state index contributed by atoms with van der Waals surface area (Å²) in [6.07, 6.45) is 0.720. The molecule has 1 atom stereocenters. The Bertz CT molecular complexity index is 529. The van der Waals surface area contributed by atoms with Crippen LogP contribution in [0.25, 0.3) is 0 Å². The number of carbonyl (C=O) groups excluding carboxylic acids is 1. The Morgan fingerprint density at radius 2 is 2.29 bits per heavy atom. The number of esters is 1. The van der Waals surface area contributed by atoms with Crippen LogP contribution < -0.4 is 0 Å². The molecule has 17 heavy (non-hydrogen) atoms. The number of methoxy groups -OCH3 is 1. The number of rotatable bonds is 3. The standard InChI is InChI=1S/C11H12N2O4/c1-13-6-5-7(12-13)10(14)8-3-4-9(17-8)11(15)16-2/h3-6,10,14H,1-2H3. The molecule has 0 aromatic carbocycles. The van der Waals surface area contributed by atoms with Crippen LogP contribution in [-0.4, -0.2) is 28.0 Å². The highest BCUT2D eigenvalue weighted by Gasteiger charge is 2.19. The number of nitrogens with zero attached hydrogens (tertiary/aromatic N) is 2. The van der Waals surface area contributed by atoms with Crippen LogP contribution in [0.1, 0.15) is 28.1 Å². The lowest BCUT2D eigenvalue weighted by molar-refractivity contribution is 0.0557. The lowest BCUT2D eigenvalue weighted by atomic mass is 10.2. The fraction of sp³-hybridized carbons (Fsp3) is 0.273. The van der Waals surface area contributed by atoms with Crippen LogP contribution >= 0.6 is 0 Å². The zero-order valence-corrected chi connectivity index (χ0v) is 9.45. The van der Waals surface area contributed by atoms with Gasteiger partial charge in [-0.15, -0.1) is 0 Å². The molecule has 0 saturated heterocycles. The van der Waals surface area contributed by atoms with E-state index in [1.54, 1.807) is 24.0 Å². The van der Waals surface area contributed by atoms with Crippen molar-refractivity contribution >= 4 is 5.97 Å². The second-order valence-corrected chi connectivity index (χ2v) is 3.51. The summed E-state index contributed by atoms with van der Waals surface area (Å²) in [4.78, 5) is 11.2. The summed E-state index contributed by atoms with van der Waals surface area (Å²) >= 11 is 0. The van der Waals surface area contributed by atoms with Gasteiger partial charge in [0.05, 0.1) is 12.8 Å². The van der Waals surface area contributed by atoms with Crippen LogP contribution in [0.4, 0.5) is 0 Å². The van der Waals surface area contributed by atoms with Gasteiger partial charge in [-0.1, -0.05) is 0 Å². The third kappa shape index (κ3) is 2.21. The minimum absolute atomic E-state index is 0.0532. The van der Waals surface area contributed by atoms with Gasteiger partial charge in [0.25, 0.3) is 0 Å². The summed E-state index contributed by atoms with van der Waals surface area (Å²) in [5, 5.41) is 14.0. The number of aromatic nitrogens is 2. The molecule has 6 nitrogen and oxygen atoms in total. The van der Waals surface area contributed by atoms with Crippen LogP contribution in [-0.2, 0) is 11.8 Å². The van der Waals surface area contributed by atoms with E-state index < -0.39 is 12.1 Å². The van der Waals surface area contributed by atoms with Crippen LogP contribution in [0.5, 0.6) is 0 Å². The van der Waals surface area contributed by atoms with E-state index >= 15 is 0 Å². The summed E-state index contributed by atoms with van der Waals surface area (Å²) < 4.78 is 11.3. The van der Waals surface area contributed by atoms with Gasteiger partial charge in [-0.3, -0.25) is 4.68 Å². The first kappa shape index (κ1) is 11.4. The molecule has 0 radical (unpaired) electrons. The van der Waals surface area contributed by atoms with Gasteiger partial charge in [0.1, 0.15) is 5.76 Å². The van der Waals surface area contributed by atoms with E-state index in [1.165, 1.54) is 19.2 Å². The predicted molar refractivity (Wildman–Crippen MR) is 57.3 cm³/mol. The van der Waals surface area contributed by atoms with E-state index in [4.69, 9.17) is 4.42 Å². The topological polar surface area (TPSA) is 77.5 Å². The highest BCUT2D eigenvalue weighted by atomic mass is 16.5. The van der Waals surface area contributed by atoms with Crippen molar-refractivity contribution in [1.29, 1.82) is 0 Å². The molecule has 2 heterocycles. The van der Waals surface area contributed by atoms with E-state index in [0.29, 0.717) is 5.69 Å². The predicted octanol–water partition coefficient (Wildman–Crippen LogP) is 0.881.